The zero-order chi connectivity index (χ0) is 19.5. The monoisotopic (exact) mass is 374 g/mol. The fourth-order valence-electron chi connectivity index (χ4n) is 3.61. The number of rotatable bonds is 3. The maximum absolute atomic E-state index is 8.73. The van der Waals surface area contributed by atoms with Gasteiger partial charge in [-0.05, 0) is 55.7 Å². The van der Waals surface area contributed by atoms with E-state index in [9.17, 15) is 0 Å². The van der Waals surface area contributed by atoms with E-state index in [4.69, 9.17) is 16.2 Å². The number of nitrogens with one attached hydrogen (secondary N) is 1. The second-order valence-electron chi connectivity index (χ2n) is 7.03. The van der Waals surface area contributed by atoms with Gasteiger partial charge in [0.25, 0.3) is 5.76 Å². The Kier molecular flexibility index (Phi) is 4.93. The van der Waals surface area contributed by atoms with E-state index in [-0.39, 0.29) is 5.95 Å². The molecule has 0 atom stereocenters. The van der Waals surface area contributed by atoms with Crippen LogP contribution in [0.1, 0.15) is 30.5 Å². The fraction of sp³-hybridized carbons (Fsp3) is 0.227. The van der Waals surface area contributed by atoms with Crippen LogP contribution in [0, 0.1) is 5.41 Å². The summed E-state index contributed by atoms with van der Waals surface area (Å²) in [4.78, 5) is 10.6. The molecule has 0 unspecified atom stereocenters. The van der Waals surface area contributed by atoms with E-state index < -0.39 is 0 Å². The standard InChI is InChI=1S/C22H23N5O/c23-19-8-7-15(20-9-10-25-22(24)26-20)14-18(19)21(28)16-5-4-6-17(13-16)27-11-2-1-3-12-27/h4-10,13-14,23,28H,1-3,11-12H2,(H2,24,25,26)/p+1/b21-18-,23-19?. The molecular weight excluding hydrogens is 350 g/mol. The maximum Gasteiger partial charge on any atom is 0.270 e. The summed E-state index contributed by atoms with van der Waals surface area (Å²) in [6.07, 6.45) is 10.7. The average molecular weight is 374 g/mol. The number of nitrogen functional groups attached to an aromatic ring is 1. The summed E-state index contributed by atoms with van der Waals surface area (Å²) in [5, 5.41) is 17.0. The van der Waals surface area contributed by atoms with Gasteiger partial charge in [0.15, 0.2) is 0 Å². The minimum Gasteiger partial charge on any atom is -0.592 e. The Morgan fingerprint density at radius 1 is 1.11 bits per heavy atom. The number of anilines is 2. The molecule has 0 radical (unpaired) electrons. The van der Waals surface area contributed by atoms with E-state index in [1.165, 1.54) is 19.3 Å². The van der Waals surface area contributed by atoms with E-state index in [0.29, 0.717) is 22.7 Å². The molecule has 1 fully saturated rings. The molecule has 1 aromatic heterocycles. The van der Waals surface area contributed by atoms with Gasteiger partial charge in [0.1, 0.15) is 0 Å². The zero-order valence-electron chi connectivity index (χ0n) is 15.7. The van der Waals surface area contributed by atoms with Crippen LogP contribution in [-0.4, -0.2) is 33.9 Å². The summed E-state index contributed by atoms with van der Waals surface area (Å²) in [6, 6.07) is 9.86. The molecule has 1 aliphatic heterocycles. The molecule has 1 aliphatic carbocycles. The van der Waals surface area contributed by atoms with Gasteiger partial charge in [-0.3, -0.25) is 5.41 Å². The lowest BCUT2D eigenvalue weighted by molar-refractivity contribution is 0.510. The van der Waals surface area contributed by atoms with Gasteiger partial charge in [-0.15, -0.1) is 0 Å². The maximum atomic E-state index is 8.73. The molecular formula is C22H24N5O+. The third kappa shape index (κ3) is 3.67. The minimum atomic E-state index is 0.207. The summed E-state index contributed by atoms with van der Waals surface area (Å²) >= 11 is 0. The van der Waals surface area contributed by atoms with E-state index in [0.717, 1.165) is 29.9 Å². The highest BCUT2D eigenvalue weighted by Gasteiger charge is 2.20. The Morgan fingerprint density at radius 2 is 1.93 bits per heavy atom. The van der Waals surface area contributed by atoms with Crippen LogP contribution < -0.4 is 10.6 Å². The molecule has 0 spiro atoms. The second-order valence-corrected chi connectivity index (χ2v) is 7.03. The van der Waals surface area contributed by atoms with Crippen molar-refractivity contribution in [3.8, 4) is 0 Å². The number of benzene rings is 1. The van der Waals surface area contributed by atoms with Gasteiger partial charge in [0.05, 0.1) is 22.5 Å². The summed E-state index contributed by atoms with van der Waals surface area (Å²) in [5.41, 5.74) is 10.1. The van der Waals surface area contributed by atoms with E-state index in [2.05, 4.69) is 27.0 Å². The first-order valence-electron chi connectivity index (χ1n) is 9.51. The highest BCUT2D eigenvalue weighted by atomic mass is 16.3. The molecule has 0 amide bonds. The predicted octanol–water partition coefficient (Wildman–Crippen LogP) is 3.16. The quantitative estimate of drug-likeness (QED) is 0.636. The van der Waals surface area contributed by atoms with E-state index in [1.807, 2.05) is 24.3 Å². The fourth-order valence-corrected chi connectivity index (χ4v) is 3.61. The minimum absolute atomic E-state index is 0.207. The lowest BCUT2D eigenvalue weighted by Gasteiger charge is -2.29. The molecule has 28 heavy (non-hydrogen) atoms. The molecule has 5 N–H and O–H groups in total. The predicted molar refractivity (Wildman–Crippen MR) is 114 cm³/mol. The Bertz CT molecular complexity index is 999. The van der Waals surface area contributed by atoms with Crippen LogP contribution in [0.25, 0.3) is 11.3 Å². The van der Waals surface area contributed by atoms with E-state index in [1.54, 1.807) is 18.3 Å². The van der Waals surface area contributed by atoms with Crippen LogP contribution in [0.2, 0.25) is 0 Å². The van der Waals surface area contributed by atoms with Gasteiger partial charge in [-0.2, -0.15) is 0 Å². The number of piperidine rings is 1. The van der Waals surface area contributed by atoms with E-state index >= 15 is 0 Å². The largest absolute Gasteiger partial charge is 0.592 e. The molecule has 4 rings (SSSR count). The first kappa shape index (κ1) is 18.0. The number of nitrogens with zero attached hydrogens (tertiary/aromatic N) is 3. The molecule has 2 aromatic rings. The highest BCUT2D eigenvalue weighted by Crippen LogP contribution is 2.29. The Balaban J connectivity index is 1.71. The van der Waals surface area contributed by atoms with Gasteiger partial charge in [0.2, 0.25) is 5.95 Å². The smallest absolute Gasteiger partial charge is 0.270 e. The normalized spacial score (nSPS) is 18.8. The van der Waals surface area contributed by atoms with Crippen molar-refractivity contribution < 1.29 is 5.11 Å². The Labute approximate surface area is 164 Å². The summed E-state index contributed by atoms with van der Waals surface area (Å²) in [7, 11) is 0. The molecule has 1 aromatic carbocycles. The Morgan fingerprint density at radius 3 is 2.71 bits per heavy atom. The SMILES string of the molecule is N=C1C=CC(c2ccnc(N)n2)=C/C1=C(/[OH2+])c1cccc(N2CCCCC2)c1. The van der Waals surface area contributed by atoms with Crippen molar-refractivity contribution in [2.75, 3.05) is 23.7 Å². The van der Waals surface area contributed by atoms with Crippen LogP contribution in [0.15, 0.2) is 60.3 Å². The second kappa shape index (κ2) is 7.68. The van der Waals surface area contributed by atoms with Gasteiger partial charge in [-0.1, -0.05) is 12.1 Å². The Hall–Kier alpha value is -3.41. The molecule has 142 valence electrons. The van der Waals surface area contributed by atoms with Crippen LogP contribution in [-0.2, 0) is 0 Å². The number of nitrogens with two attached hydrogens (primary N) is 1. The topological polar surface area (TPSA) is 102 Å². The number of allylic oxidation sites excluding steroid dienone is 5. The van der Waals surface area contributed by atoms with Crippen molar-refractivity contribution in [2.45, 2.75) is 19.3 Å². The van der Waals surface area contributed by atoms with Crippen LogP contribution >= 0.6 is 0 Å². The molecule has 2 aliphatic rings. The summed E-state index contributed by atoms with van der Waals surface area (Å²) in [5.74, 6) is 0.547. The third-order valence-corrected chi connectivity index (χ3v) is 5.11. The molecule has 1 saturated heterocycles. The summed E-state index contributed by atoms with van der Waals surface area (Å²) in [6.45, 7) is 2.12. The lowest BCUT2D eigenvalue weighted by atomic mass is 9.95. The third-order valence-electron chi connectivity index (χ3n) is 5.11. The van der Waals surface area contributed by atoms with Crippen LogP contribution in [0.4, 0.5) is 11.6 Å². The number of hydrogen-bond donors (Lipinski definition) is 2. The van der Waals surface area contributed by atoms with Gasteiger partial charge < -0.3 is 15.7 Å². The zero-order valence-corrected chi connectivity index (χ0v) is 15.7. The lowest BCUT2D eigenvalue weighted by Crippen LogP contribution is -2.29. The average Bonchev–Trinajstić information content (AvgIpc) is 2.74. The van der Waals surface area contributed by atoms with Gasteiger partial charge in [-0.25, -0.2) is 9.97 Å². The van der Waals surface area contributed by atoms with Crippen LogP contribution in [0.5, 0.6) is 0 Å². The van der Waals surface area contributed by atoms with Crippen molar-refractivity contribution in [1.82, 2.24) is 9.97 Å². The number of aromatic nitrogens is 2. The molecule has 2 heterocycles. The van der Waals surface area contributed by atoms with Crippen molar-refractivity contribution in [3.63, 3.8) is 0 Å². The van der Waals surface area contributed by atoms with Gasteiger partial charge >= 0.3 is 0 Å². The van der Waals surface area contributed by atoms with Crippen molar-refractivity contribution >= 4 is 28.7 Å². The van der Waals surface area contributed by atoms with Crippen LogP contribution in [0.3, 0.4) is 0 Å². The molecule has 0 bridgehead atoms. The summed E-state index contributed by atoms with van der Waals surface area (Å²) < 4.78 is 0. The molecule has 0 saturated carbocycles. The molecule has 6 heteroatoms. The van der Waals surface area contributed by atoms with Gasteiger partial charge in [0, 0.05) is 30.5 Å². The van der Waals surface area contributed by atoms with Crippen molar-refractivity contribution in [2.24, 2.45) is 0 Å². The first-order valence-corrected chi connectivity index (χ1v) is 9.51. The van der Waals surface area contributed by atoms with Crippen molar-refractivity contribution in [1.29, 1.82) is 5.41 Å². The highest BCUT2D eigenvalue weighted by molar-refractivity contribution is 6.16. The molecule has 6 nitrogen and oxygen atoms in total. The van der Waals surface area contributed by atoms with Crippen molar-refractivity contribution in [3.05, 3.63) is 71.6 Å². The number of hydrogen-bond acceptors (Lipinski definition) is 5. The first-order chi connectivity index (χ1) is 13.6.